The molecule has 2 rings (SSSR count). The number of nitrogens with one attached hydrogen (secondary N) is 1. The molecule has 1 heteroatoms. The lowest BCUT2D eigenvalue weighted by Crippen LogP contribution is -2.18. The predicted octanol–water partition coefficient (Wildman–Crippen LogP) is 1.12. The van der Waals surface area contributed by atoms with Gasteiger partial charge in [-0.2, -0.15) is 0 Å². The van der Waals surface area contributed by atoms with E-state index in [2.05, 4.69) is 23.2 Å². The Morgan fingerprint density at radius 1 is 1.56 bits per heavy atom. The van der Waals surface area contributed by atoms with Crippen molar-refractivity contribution >= 4 is 0 Å². The summed E-state index contributed by atoms with van der Waals surface area (Å²) in [6.45, 7) is 0. The molecule has 1 nitrogen and oxygen atoms in total. The molecule has 0 fully saturated rings. The Kier molecular flexibility index (Phi) is 0.850. The summed E-state index contributed by atoms with van der Waals surface area (Å²) in [6, 6.07) is 0.398. The van der Waals surface area contributed by atoms with Gasteiger partial charge in [0.2, 0.25) is 0 Å². The second kappa shape index (κ2) is 1.64. The van der Waals surface area contributed by atoms with Crippen molar-refractivity contribution in [2.45, 2.75) is 6.04 Å². The van der Waals surface area contributed by atoms with E-state index in [9.17, 15) is 0 Å². The fourth-order valence-corrected chi connectivity index (χ4v) is 1.05. The van der Waals surface area contributed by atoms with Crippen molar-refractivity contribution in [2.24, 2.45) is 0 Å². The smallest absolute Gasteiger partial charge is 0.0767 e. The van der Waals surface area contributed by atoms with Crippen LogP contribution in [0.15, 0.2) is 41.8 Å². The van der Waals surface area contributed by atoms with E-state index in [4.69, 9.17) is 0 Å². The Balaban J connectivity index is 2.43. The summed E-state index contributed by atoms with van der Waals surface area (Å²) in [5, 5.41) is 3.17. The molecule has 0 aromatic carbocycles. The zero-order valence-corrected chi connectivity index (χ0v) is 4.96. The Morgan fingerprint density at radius 3 is 3.44 bits per heavy atom. The second-order valence-electron chi connectivity index (χ2n) is 2.14. The third kappa shape index (κ3) is 0.628. The number of allylic oxidation sites excluding steroid dienone is 1. The molecule has 44 valence electrons. The van der Waals surface area contributed by atoms with Crippen molar-refractivity contribution in [3.8, 4) is 0 Å². The minimum Gasteiger partial charge on any atom is -0.380 e. The average Bonchev–Trinajstić information content (AvgIpc) is 2.33. The zero-order chi connectivity index (χ0) is 6.10. The number of hydrogen-bond acceptors (Lipinski definition) is 1. The van der Waals surface area contributed by atoms with Crippen molar-refractivity contribution in [3.05, 3.63) is 41.8 Å². The highest BCUT2D eigenvalue weighted by Crippen LogP contribution is 2.13. The Hall–Kier alpha value is -1.20. The highest BCUT2D eigenvalue weighted by molar-refractivity contribution is 5.39. The molecule has 1 aliphatic carbocycles. The summed E-state index contributed by atoms with van der Waals surface area (Å²) in [4.78, 5) is 0. The van der Waals surface area contributed by atoms with Crippen molar-refractivity contribution in [3.63, 3.8) is 0 Å². The summed E-state index contributed by atoms with van der Waals surface area (Å²) in [6.07, 6.45) is 10.1. The van der Waals surface area contributed by atoms with Crippen LogP contribution in [0.4, 0.5) is 0 Å². The molecule has 0 aromatic rings. The number of fused-ring (bicyclic) bond motifs is 1. The minimum atomic E-state index is 0.398. The van der Waals surface area contributed by atoms with E-state index in [0.29, 0.717) is 6.04 Å². The lowest BCUT2D eigenvalue weighted by molar-refractivity contribution is 0.848. The van der Waals surface area contributed by atoms with Crippen LogP contribution in [0.25, 0.3) is 0 Å². The van der Waals surface area contributed by atoms with E-state index in [-0.39, 0.29) is 0 Å². The molecule has 2 aliphatic rings. The molecule has 1 aliphatic heterocycles. The monoisotopic (exact) mass is 117 g/mol. The van der Waals surface area contributed by atoms with Gasteiger partial charge < -0.3 is 5.32 Å². The first-order chi connectivity index (χ1) is 4.47. The van der Waals surface area contributed by atoms with Crippen molar-refractivity contribution in [1.82, 2.24) is 5.32 Å². The summed E-state index contributed by atoms with van der Waals surface area (Å²) >= 11 is 0. The highest BCUT2D eigenvalue weighted by Gasteiger charge is 2.11. The van der Waals surface area contributed by atoms with Crippen molar-refractivity contribution in [1.29, 1.82) is 0 Å². The number of hydrogen-bond donors (Lipinski definition) is 1. The quantitative estimate of drug-likeness (QED) is 0.469. The Labute approximate surface area is 54.1 Å². The van der Waals surface area contributed by atoms with Crippen LogP contribution in [0.5, 0.6) is 0 Å². The summed E-state index contributed by atoms with van der Waals surface area (Å²) in [5.41, 5.74) is 4.35. The van der Waals surface area contributed by atoms with E-state index in [0.717, 1.165) is 0 Å². The van der Waals surface area contributed by atoms with Gasteiger partial charge in [0.05, 0.1) is 6.04 Å². The van der Waals surface area contributed by atoms with E-state index in [1.54, 1.807) is 0 Å². The molecule has 1 heterocycles. The third-order valence-electron chi connectivity index (χ3n) is 1.55. The Bertz CT molecular complexity index is 239. The van der Waals surface area contributed by atoms with Crippen LogP contribution < -0.4 is 5.32 Å². The van der Waals surface area contributed by atoms with Crippen LogP contribution in [-0.4, -0.2) is 6.04 Å². The van der Waals surface area contributed by atoms with Gasteiger partial charge in [-0.05, 0) is 36.1 Å². The molecule has 0 amide bonds. The van der Waals surface area contributed by atoms with Crippen LogP contribution in [0.3, 0.4) is 0 Å². The van der Waals surface area contributed by atoms with Gasteiger partial charge in [0, 0.05) is 0 Å². The lowest BCUT2D eigenvalue weighted by Gasteiger charge is -2.06. The van der Waals surface area contributed by atoms with Gasteiger partial charge >= 0.3 is 0 Å². The standard InChI is InChI=1S/C8H7N/c1-2-4-8-7(3-1)5-6-9-8/h1,3-6,8-9H. The second-order valence-corrected chi connectivity index (χ2v) is 2.14. The summed E-state index contributed by atoms with van der Waals surface area (Å²) in [7, 11) is 0. The fourth-order valence-electron chi connectivity index (χ4n) is 1.05. The summed E-state index contributed by atoms with van der Waals surface area (Å²) < 4.78 is 0. The molecule has 1 atom stereocenters. The van der Waals surface area contributed by atoms with Crippen molar-refractivity contribution in [2.75, 3.05) is 0 Å². The van der Waals surface area contributed by atoms with Crippen LogP contribution in [0.1, 0.15) is 0 Å². The average molecular weight is 117 g/mol. The fraction of sp³-hybridized carbons (Fsp3) is 0.125. The van der Waals surface area contributed by atoms with E-state index >= 15 is 0 Å². The molecule has 0 saturated heterocycles. The predicted molar refractivity (Wildman–Crippen MR) is 36.8 cm³/mol. The molecular formula is C8H7N. The van der Waals surface area contributed by atoms with E-state index < -0.39 is 0 Å². The van der Waals surface area contributed by atoms with Crippen LogP contribution in [0, 0.1) is 0 Å². The van der Waals surface area contributed by atoms with Crippen molar-refractivity contribution < 1.29 is 0 Å². The van der Waals surface area contributed by atoms with Gasteiger partial charge in [0.15, 0.2) is 0 Å². The largest absolute Gasteiger partial charge is 0.380 e. The Morgan fingerprint density at radius 2 is 2.56 bits per heavy atom. The normalized spacial score (nSPS) is 27.6. The molecule has 1 unspecified atom stereocenters. The van der Waals surface area contributed by atoms with Gasteiger partial charge in [-0.25, -0.2) is 0 Å². The lowest BCUT2D eigenvalue weighted by atomic mass is 10.1. The maximum atomic E-state index is 3.17. The molecule has 0 saturated carbocycles. The molecular weight excluding hydrogens is 110 g/mol. The molecule has 1 N–H and O–H groups in total. The number of rotatable bonds is 0. The van der Waals surface area contributed by atoms with Gasteiger partial charge in [-0.15, -0.1) is 5.73 Å². The van der Waals surface area contributed by atoms with Crippen LogP contribution in [-0.2, 0) is 0 Å². The molecule has 0 aromatic heterocycles. The first kappa shape index (κ1) is 4.66. The van der Waals surface area contributed by atoms with E-state index in [1.807, 2.05) is 18.4 Å². The summed E-state index contributed by atoms with van der Waals surface area (Å²) in [5.74, 6) is 0. The maximum absolute atomic E-state index is 3.17. The van der Waals surface area contributed by atoms with Gasteiger partial charge in [-0.3, -0.25) is 0 Å². The first-order valence-corrected chi connectivity index (χ1v) is 3.02. The minimum absolute atomic E-state index is 0.398. The maximum Gasteiger partial charge on any atom is 0.0767 e. The zero-order valence-electron chi connectivity index (χ0n) is 4.96. The van der Waals surface area contributed by atoms with Crippen LogP contribution >= 0.6 is 0 Å². The molecule has 0 spiro atoms. The SMILES string of the molecule is C1=CC=C2C=CNC2C=1. The topological polar surface area (TPSA) is 12.0 Å². The molecule has 0 bridgehead atoms. The van der Waals surface area contributed by atoms with Crippen LogP contribution in [0.2, 0.25) is 0 Å². The highest BCUT2D eigenvalue weighted by atomic mass is 14.9. The molecule has 0 radical (unpaired) electrons. The third-order valence-corrected chi connectivity index (χ3v) is 1.55. The van der Waals surface area contributed by atoms with Gasteiger partial charge in [-0.1, -0.05) is 0 Å². The van der Waals surface area contributed by atoms with Gasteiger partial charge in [0.25, 0.3) is 0 Å². The first-order valence-electron chi connectivity index (χ1n) is 3.02. The van der Waals surface area contributed by atoms with E-state index in [1.165, 1.54) is 5.57 Å². The van der Waals surface area contributed by atoms with Gasteiger partial charge in [0.1, 0.15) is 0 Å². The molecule has 9 heavy (non-hydrogen) atoms.